The molecule has 0 bridgehead atoms. The molecule has 2 heterocycles. The Morgan fingerprint density at radius 3 is 2.95 bits per heavy atom. The summed E-state index contributed by atoms with van der Waals surface area (Å²) in [7, 11) is 0. The van der Waals surface area contributed by atoms with Crippen LogP contribution in [0, 0.1) is 12.8 Å². The fourth-order valence-electron chi connectivity index (χ4n) is 2.62. The predicted octanol–water partition coefficient (Wildman–Crippen LogP) is 1.20. The van der Waals surface area contributed by atoms with Crippen LogP contribution in [-0.4, -0.2) is 44.9 Å². The molecule has 0 aromatic carbocycles. The topological polar surface area (TPSA) is 58.4 Å². The largest absolute Gasteiger partial charge is 0.396 e. The Morgan fingerprint density at radius 2 is 2.32 bits per heavy atom. The zero-order chi connectivity index (χ0) is 13.8. The van der Waals surface area contributed by atoms with E-state index in [2.05, 4.69) is 12.0 Å². The van der Waals surface area contributed by atoms with Crippen LogP contribution in [0.5, 0.6) is 0 Å². The van der Waals surface area contributed by atoms with E-state index in [4.69, 9.17) is 0 Å². The minimum absolute atomic E-state index is 0.166. The number of aryl methyl sites for hydroxylation is 2. The third-order valence-corrected chi connectivity index (χ3v) is 3.88. The first-order valence-electron chi connectivity index (χ1n) is 6.99. The normalized spacial score (nSPS) is 23.6. The van der Waals surface area contributed by atoms with E-state index in [1.165, 1.54) is 0 Å². The van der Waals surface area contributed by atoms with Gasteiger partial charge in [0.25, 0.3) is 0 Å². The van der Waals surface area contributed by atoms with Gasteiger partial charge in [-0.15, -0.1) is 0 Å². The molecule has 0 aliphatic carbocycles. The number of piperidine rings is 1. The highest BCUT2D eigenvalue weighted by Gasteiger charge is 2.28. The maximum Gasteiger partial charge on any atom is 0.224 e. The molecule has 2 rings (SSSR count). The molecule has 1 aliphatic rings. The molecule has 1 amide bonds. The van der Waals surface area contributed by atoms with Crippen molar-refractivity contribution in [2.75, 3.05) is 13.2 Å². The zero-order valence-electron chi connectivity index (χ0n) is 11.7. The lowest BCUT2D eigenvalue weighted by atomic mass is 9.94. The minimum atomic E-state index is 0.166. The van der Waals surface area contributed by atoms with Gasteiger partial charge in [0.1, 0.15) is 0 Å². The highest BCUT2D eigenvalue weighted by atomic mass is 16.3. The molecule has 0 spiro atoms. The van der Waals surface area contributed by atoms with E-state index in [0.717, 1.165) is 18.4 Å². The van der Waals surface area contributed by atoms with Crippen molar-refractivity contribution in [1.82, 2.24) is 14.7 Å². The number of nitrogens with zero attached hydrogens (tertiary/aromatic N) is 3. The second kappa shape index (κ2) is 6.19. The molecule has 1 fully saturated rings. The van der Waals surface area contributed by atoms with E-state index < -0.39 is 0 Å². The first kappa shape index (κ1) is 14.1. The van der Waals surface area contributed by atoms with Gasteiger partial charge in [0, 0.05) is 38.4 Å². The van der Waals surface area contributed by atoms with Gasteiger partial charge >= 0.3 is 0 Å². The number of amides is 1. The number of aromatic nitrogens is 2. The molecule has 19 heavy (non-hydrogen) atoms. The fraction of sp³-hybridized carbons (Fsp3) is 0.714. The summed E-state index contributed by atoms with van der Waals surface area (Å²) in [6.45, 7) is 5.57. The van der Waals surface area contributed by atoms with Gasteiger partial charge in [-0.1, -0.05) is 0 Å². The van der Waals surface area contributed by atoms with E-state index in [-0.39, 0.29) is 24.5 Å². The van der Waals surface area contributed by atoms with E-state index >= 15 is 0 Å². The van der Waals surface area contributed by atoms with Crippen LogP contribution in [0.25, 0.3) is 0 Å². The van der Waals surface area contributed by atoms with Crippen LogP contribution < -0.4 is 0 Å². The summed E-state index contributed by atoms with van der Waals surface area (Å²) in [5.41, 5.74) is 1.11. The Kier molecular flexibility index (Phi) is 4.58. The number of likely N-dealkylation sites (tertiary alicyclic amines) is 1. The van der Waals surface area contributed by atoms with Crippen molar-refractivity contribution in [2.24, 2.45) is 5.92 Å². The quantitative estimate of drug-likeness (QED) is 0.890. The molecular weight excluding hydrogens is 242 g/mol. The Labute approximate surface area is 114 Å². The van der Waals surface area contributed by atoms with Crippen molar-refractivity contribution in [2.45, 2.75) is 45.7 Å². The van der Waals surface area contributed by atoms with Crippen LogP contribution in [0.15, 0.2) is 12.4 Å². The fourth-order valence-corrected chi connectivity index (χ4v) is 2.62. The lowest BCUT2D eigenvalue weighted by Gasteiger charge is -2.37. The van der Waals surface area contributed by atoms with Crippen LogP contribution in [-0.2, 0) is 11.3 Å². The maximum atomic E-state index is 12.3. The smallest absolute Gasteiger partial charge is 0.224 e. The number of rotatable bonds is 4. The predicted molar refractivity (Wildman–Crippen MR) is 72.6 cm³/mol. The van der Waals surface area contributed by atoms with Crippen LogP contribution >= 0.6 is 0 Å². The molecule has 1 aromatic heterocycles. The molecule has 2 unspecified atom stereocenters. The monoisotopic (exact) mass is 265 g/mol. The number of carbonyl (C=O) groups excluding carboxylic acids is 1. The summed E-state index contributed by atoms with van der Waals surface area (Å²) in [4.78, 5) is 14.2. The summed E-state index contributed by atoms with van der Waals surface area (Å²) in [5, 5.41) is 13.4. The van der Waals surface area contributed by atoms with Gasteiger partial charge < -0.3 is 10.0 Å². The second-order valence-electron chi connectivity index (χ2n) is 5.55. The van der Waals surface area contributed by atoms with Crippen LogP contribution in [0.3, 0.4) is 0 Å². The Bertz CT molecular complexity index is 430. The van der Waals surface area contributed by atoms with Gasteiger partial charge in [0.2, 0.25) is 5.91 Å². The molecule has 5 heteroatoms. The Balaban J connectivity index is 1.87. The van der Waals surface area contributed by atoms with Gasteiger partial charge in [0.15, 0.2) is 0 Å². The highest BCUT2D eigenvalue weighted by Crippen LogP contribution is 2.22. The second-order valence-corrected chi connectivity index (χ2v) is 5.55. The summed E-state index contributed by atoms with van der Waals surface area (Å²) in [6.07, 6.45) is 6.22. The molecular formula is C14H23N3O2. The Hall–Kier alpha value is -1.36. The first-order valence-corrected chi connectivity index (χ1v) is 6.99. The van der Waals surface area contributed by atoms with Crippen molar-refractivity contribution >= 4 is 5.91 Å². The van der Waals surface area contributed by atoms with Gasteiger partial charge in [-0.05, 0) is 38.2 Å². The number of aliphatic hydroxyl groups excluding tert-OH is 1. The minimum Gasteiger partial charge on any atom is -0.396 e. The average Bonchev–Trinajstić information content (AvgIpc) is 2.82. The van der Waals surface area contributed by atoms with Crippen LogP contribution in [0.4, 0.5) is 0 Å². The van der Waals surface area contributed by atoms with E-state index in [1.807, 2.05) is 22.7 Å². The maximum absolute atomic E-state index is 12.3. The van der Waals surface area contributed by atoms with Crippen molar-refractivity contribution < 1.29 is 9.90 Å². The van der Waals surface area contributed by atoms with E-state index in [1.54, 1.807) is 6.20 Å². The Morgan fingerprint density at radius 1 is 1.53 bits per heavy atom. The van der Waals surface area contributed by atoms with Crippen LogP contribution in [0.2, 0.25) is 0 Å². The van der Waals surface area contributed by atoms with Crippen molar-refractivity contribution in [3.05, 3.63) is 18.0 Å². The van der Waals surface area contributed by atoms with E-state index in [0.29, 0.717) is 19.5 Å². The average molecular weight is 265 g/mol. The van der Waals surface area contributed by atoms with Crippen molar-refractivity contribution in [3.63, 3.8) is 0 Å². The molecule has 0 saturated carbocycles. The summed E-state index contributed by atoms with van der Waals surface area (Å²) in [6, 6.07) is 0.287. The first-order chi connectivity index (χ1) is 9.10. The highest BCUT2D eigenvalue weighted by molar-refractivity contribution is 5.76. The standard InChI is InChI=1S/C14H23N3O2/c1-11-7-15-16(8-11)6-5-14(19)17-9-13(10-18)4-3-12(17)2/h7-8,12-13,18H,3-6,9-10H2,1-2H3. The third-order valence-electron chi connectivity index (χ3n) is 3.88. The van der Waals surface area contributed by atoms with Gasteiger partial charge in [-0.3, -0.25) is 9.48 Å². The molecule has 0 radical (unpaired) electrons. The van der Waals surface area contributed by atoms with Crippen molar-refractivity contribution in [3.8, 4) is 0 Å². The molecule has 1 saturated heterocycles. The van der Waals surface area contributed by atoms with Gasteiger partial charge in [0.05, 0.1) is 6.20 Å². The lowest BCUT2D eigenvalue weighted by molar-refractivity contribution is -0.136. The van der Waals surface area contributed by atoms with Crippen molar-refractivity contribution in [1.29, 1.82) is 0 Å². The van der Waals surface area contributed by atoms with Gasteiger partial charge in [-0.25, -0.2) is 0 Å². The van der Waals surface area contributed by atoms with Gasteiger partial charge in [-0.2, -0.15) is 5.10 Å². The van der Waals surface area contributed by atoms with E-state index in [9.17, 15) is 9.90 Å². The molecule has 1 N–H and O–H groups in total. The molecule has 5 nitrogen and oxygen atoms in total. The molecule has 106 valence electrons. The summed E-state index contributed by atoms with van der Waals surface area (Å²) >= 11 is 0. The summed E-state index contributed by atoms with van der Waals surface area (Å²) in [5.74, 6) is 0.408. The number of carbonyl (C=O) groups is 1. The number of hydrogen-bond donors (Lipinski definition) is 1. The molecule has 1 aliphatic heterocycles. The SMILES string of the molecule is Cc1cnn(CCC(=O)N2CC(CO)CCC2C)c1. The van der Waals surface area contributed by atoms with Crippen LogP contribution in [0.1, 0.15) is 31.7 Å². The zero-order valence-corrected chi connectivity index (χ0v) is 11.7. The summed E-state index contributed by atoms with van der Waals surface area (Å²) < 4.78 is 1.81. The number of hydrogen-bond acceptors (Lipinski definition) is 3. The molecule has 1 aromatic rings. The third kappa shape index (κ3) is 3.56. The number of aliphatic hydroxyl groups is 1. The lowest BCUT2D eigenvalue weighted by Crippen LogP contribution is -2.46. The molecule has 2 atom stereocenters.